The standard InChI is InChI=1S/C9H14O3/c1-3-12-9(11)6(2)8(10)7-4-5-7/h6-7H,3-5H2,1-2H3/t6-/m0/s1. The molecule has 0 aromatic rings. The molecule has 0 amide bonds. The molecule has 3 nitrogen and oxygen atoms in total. The molecule has 1 atom stereocenters. The Hall–Kier alpha value is -0.860. The third-order valence-corrected chi connectivity index (χ3v) is 2.05. The minimum absolute atomic E-state index is 0.0495. The van der Waals surface area contributed by atoms with Gasteiger partial charge in [0.05, 0.1) is 6.61 Å². The summed E-state index contributed by atoms with van der Waals surface area (Å²) in [5, 5.41) is 0. The van der Waals surface area contributed by atoms with E-state index in [1.165, 1.54) is 0 Å². The van der Waals surface area contributed by atoms with Crippen LogP contribution in [0.5, 0.6) is 0 Å². The lowest BCUT2D eigenvalue weighted by Gasteiger charge is -2.07. The summed E-state index contributed by atoms with van der Waals surface area (Å²) >= 11 is 0. The van der Waals surface area contributed by atoms with Crippen LogP contribution in [0.2, 0.25) is 0 Å². The average Bonchev–Trinajstić information content (AvgIpc) is 2.84. The van der Waals surface area contributed by atoms with Gasteiger partial charge in [-0.1, -0.05) is 0 Å². The number of hydrogen-bond donors (Lipinski definition) is 0. The molecule has 0 aromatic heterocycles. The van der Waals surface area contributed by atoms with Crippen molar-refractivity contribution in [2.75, 3.05) is 6.61 Å². The first-order chi connectivity index (χ1) is 5.66. The first kappa shape index (κ1) is 9.23. The van der Waals surface area contributed by atoms with Gasteiger partial charge in [0.15, 0.2) is 0 Å². The zero-order valence-electron chi connectivity index (χ0n) is 7.50. The van der Waals surface area contributed by atoms with Crippen LogP contribution in [-0.4, -0.2) is 18.4 Å². The van der Waals surface area contributed by atoms with Crippen LogP contribution in [0.4, 0.5) is 0 Å². The maximum atomic E-state index is 11.3. The number of carbonyl (C=O) groups excluding carboxylic acids is 2. The van der Waals surface area contributed by atoms with E-state index in [1.54, 1.807) is 13.8 Å². The summed E-state index contributed by atoms with van der Waals surface area (Å²) < 4.78 is 4.74. The average molecular weight is 170 g/mol. The van der Waals surface area contributed by atoms with E-state index in [1.807, 2.05) is 0 Å². The van der Waals surface area contributed by atoms with Crippen molar-refractivity contribution in [3.63, 3.8) is 0 Å². The number of rotatable bonds is 4. The van der Waals surface area contributed by atoms with Crippen molar-refractivity contribution in [2.24, 2.45) is 11.8 Å². The number of Topliss-reactive ketones (excluding diaryl/α,β-unsaturated/α-hetero) is 1. The van der Waals surface area contributed by atoms with Gasteiger partial charge in [0.2, 0.25) is 0 Å². The predicted molar refractivity (Wildman–Crippen MR) is 43.5 cm³/mol. The highest BCUT2D eigenvalue weighted by Gasteiger charge is 2.36. The van der Waals surface area contributed by atoms with Gasteiger partial charge < -0.3 is 4.74 Å². The van der Waals surface area contributed by atoms with Crippen molar-refractivity contribution in [3.05, 3.63) is 0 Å². The Bertz CT molecular complexity index is 194. The molecule has 0 bridgehead atoms. The number of hydrogen-bond acceptors (Lipinski definition) is 3. The van der Waals surface area contributed by atoms with Gasteiger partial charge in [-0.05, 0) is 26.7 Å². The van der Waals surface area contributed by atoms with E-state index >= 15 is 0 Å². The third-order valence-electron chi connectivity index (χ3n) is 2.05. The van der Waals surface area contributed by atoms with E-state index in [-0.39, 0.29) is 17.7 Å². The number of ether oxygens (including phenoxy) is 1. The molecule has 1 aliphatic carbocycles. The van der Waals surface area contributed by atoms with Gasteiger partial charge in [-0.25, -0.2) is 0 Å². The van der Waals surface area contributed by atoms with Crippen molar-refractivity contribution >= 4 is 11.8 Å². The second kappa shape index (κ2) is 3.70. The van der Waals surface area contributed by atoms with Crippen molar-refractivity contribution < 1.29 is 14.3 Å². The molecule has 0 saturated heterocycles. The summed E-state index contributed by atoms with van der Waals surface area (Å²) in [5.74, 6) is -0.746. The summed E-state index contributed by atoms with van der Waals surface area (Å²) in [5.41, 5.74) is 0. The third kappa shape index (κ3) is 2.06. The van der Waals surface area contributed by atoms with Crippen molar-refractivity contribution in [1.82, 2.24) is 0 Å². The van der Waals surface area contributed by atoms with Gasteiger partial charge >= 0.3 is 5.97 Å². The smallest absolute Gasteiger partial charge is 0.316 e. The van der Waals surface area contributed by atoms with Gasteiger partial charge in [0.1, 0.15) is 11.7 Å². The van der Waals surface area contributed by atoms with Gasteiger partial charge in [-0.2, -0.15) is 0 Å². The fourth-order valence-electron chi connectivity index (χ4n) is 1.10. The summed E-state index contributed by atoms with van der Waals surface area (Å²) in [6.07, 6.45) is 1.89. The Labute approximate surface area is 72.1 Å². The molecule has 1 rings (SSSR count). The van der Waals surface area contributed by atoms with E-state index in [4.69, 9.17) is 4.74 Å². The molecular formula is C9H14O3. The van der Waals surface area contributed by atoms with E-state index in [2.05, 4.69) is 0 Å². The second-order valence-electron chi connectivity index (χ2n) is 3.15. The second-order valence-corrected chi connectivity index (χ2v) is 3.15. The first-order valence-electron chi connectivity index (χ1n) is 4.37. The van der Waals surface area contributed by atoms with E-state index in [9.17, 15) is 9.59 Å². The van der Waals surface area contributed by atoms with Crippen molar-refractivity contribution in [3.8, 4) is 0 Å². The lowest BCUT2D eigenvalue weighted by Crippen LogP contribution is -2.24. The Kier molecular flexibility index (Phi) is 2.84. The van der Waals surface area contributed by atoms with Crippen LogP contribution in [0.3, 0.4) is 0 Å². The molecule has 1 aliphatic rings. The predicted octanol–water partition coefficient (Wildman–Crippen LogP) is 1.16. The molecule has 1 saturated carbocycles. The largest absolute Gasteiger partial charge is 0.465 e. The Morgan fingerprint density at radius 3 is 2.50 bits per heavy atom. The summed E-state index contributed by atoms with van der Waals surface area (Å²) in [6.45, 7) is 3.71. The molecule has 0 N–H and O–H groups in total. The van der Waals surface area contributed by atoms with Crippen LogP contribution in [-0.2, 0) is 14.3 Å². The minimum atomic E-state index is -0.558. The fraction of sp³-hybridized carbons (Fsp3) is 0.778. The molecule has 0 aromatic carbocycles. The maximum Gasteiger partial charge on any atom is 0.316 e. The molecular weight excluding hydrogens is 156 g/mol. The van der Waals surface area contributed by atoms with E-state index in [0.717, 1.165) is 12.8 Å². The lowest BCUT2D eigenvalue weighted by atomic mass is 10.0. The highest BCUT2D eigenvalue weighted by Crippen LogP contribution is 2.32. The lowest BCUT2D eigenvalue weighted by molar-refractivity contribution is -0.151. The fourth-order valence-corrected chi connectivity index (χ4v) is 1.10. The molecule has 0 radical (unpaired) electrons. The topological polar surface area (TPSA) is 43.4 Å². The molecule has 0 unspecified atom stereocenters. The van der Waals surface area contributed by atoms with Crippen molar-refractivity contribution in [2.45, 2.75) is 26.7 Å². The van der Waals surface area contributed by atoms with Crippen LogP contribution in [0.15, 0.2) is 0 Å². The molecule has 3 heteroatoms. The maximum absolute atomic E-state index is 11.3. The quantitative estimate of drug-likeness (QED) is 0.469. The van der Waals surface area contributed by atoms with Gasteiger partial charge in [0, 0.05) is 5.92 Å². The SMILES string of the molecule is CCOC(=O)[C@@H](C)C(=O)C1CC1. The normalized spacial score (nSPS) is 18.5. The summed E-state index contributed by atoms with van der Waals surface area (Å²) in [4.78, 5) is 22.4. The zero-order valence-corrected chi connectivity index (χ0v) is 7.50. The Morgan fingerprint density at radius 2 is 2.08 bits per heavy atom. The molecule has 68 valence electrons. The van der Waals surface area contributed by atoms with Crippen LogP contribution in [0.25, 0.3) is 0 Å². The highest BCUT2D eigenvalue weighted by molar-refractivity contribution is 6.00. The van der Waals surface area contributed by atoms with E-state index in [0.29, 0.717) is 6.61 Å². The Balaban J connectivity index is 2.39. The van der Waals surface area contributed by atoms with Crippen LogP contribution < -0.4 is 0 Å². The number of carbonyl (C=O) groups is 2. The number of ketones is 1. The molecule has 1 fully saturated rings. The molecule has 0 aliphatic heterocycles. The van der Waals surface area contributed by atoms with Crippen LogP contribution >= 0.6 is 0 Å². The summed E-state index contributed by atoms with van der Waals surface area (Å²) in [6, 6.07) is 0. The zero-order chi connectivity index (χ0) is 9.14. The van der Waals surface area contributed by atoms with E-state index < -0.39 is 5.92 Å². The van der Waals surface area contributed by atoms with Crippen LogP contribution in [0.1, 0.15) is 26.7 Å². The number of esters is 1. The van der Waals surface area contributed by atoms with Gasteiger partial charge in [-0.3, -0.25) is 9.59 Å². The minimum Gasteiger partial charge on any atom is -0.465 e. The van der Waals surface area contributed by atoms with Gasteiger partial charge in [-0.15, -0.1) is 0 Å². The first-order valence-corrected chi connectivity index (χ1v) is 4.37. The highest BCUT2D eigenvalue weighted by atomic mass is 16.5. The monoisotopic (exact) mass is 170 g/mol. The molecule has 0 heterocycles. The van der Waals surface area contributed by atoms with Gasteiger partial charge in [0.25, 0.3) is 0 Å². The molecule has 0 spiro atoms. The van der Waals surface area contributed by atoms with Crippen LogP contribution in [0, 0.1) is 11.8 Å². The summed E-state index contributed by atoms with van der Waals surface area (Å²) in [7, 11) is 0. The van der Waals surface area contributed by atoms with Crippen molar-refractivity contribution in [1.29, 1.82) is 0 Å². The molecule has 12 heavy (non-hydrogen) atoms. The Morgan fingerprint density at radius 1 is 1.50 bits per heavy atom.